The van der Waals surface area contributed by atoms with Crippen molar-refractivity contribution in [2.75, 3.05) is 40.0 Å². The molecule has 0 aliphatic rings. The zero-order valence-corrected chi connectivity index (χ0v) is 13.7. The third-order valence-electron chi connectivity index (χ3n) is 3.13. The Morgan fingerprint density at radius 3 is 2.42 bits per heavy atom. The zero-order valence-electron chi connectivity index (χ0n) is 12.9. The summed E-state index contributed by atoms with van der Waals surface area (Å²) in [5.41, 5.74) is 0. The van der Waals surface area contributed by atoms with Crippen LogP contribution in [0.4, 0.5) is 0 Å². The lowest BCUT2D eigenvalue weighted by Gasteiger charge is -2.33. The Balaban J connectivity index is 4.13. The minimum absolute atomic E-state index is 0.488. The number of methoxy groups -OCH3 is 1. The number of rotatable bonds is 11. The van der Waals surface area contributed by atoms with Gasteiger partial charge in [0.1, 0.15) is 0 Å². The molecule has 0 saturated carbocycles. The Labute approximate surface area is 123 Å². The lowest BCUT2D eigenvalue weighted by atomic mass is 10.1. The van der Waals surface area contributed by atoms with Crippen molar-refractivity contribution in [3.63, 3.8) is 0 Å². The van der Waals surface area contributed by atoms with Crippen molar-refractivity contribution >= 4 is 17.3 Å². The highest BCUT2D eigenvalue weighted by Crippen LogP contribution is 2.08. The van der Waals surface area contributed by atoms with Gasteiger partial charge in [0.15, 0.2) is 5.11 Å². The Kier molecular flexibility index (Phi) is 12.4. The molecular weight excluding hydrogens is 260 g/mol. The summed E-state index contributed by atoms with van der Waals surface area (Å²) in [6, 6.07) is 0.488. The van der Waals surface area contributed by atoms with Crippen molar-refractivity contribution in [2.24, 2.45) is 0 Å². The predicted molar refractivity (Wildman–Crippen MR) is 84.7 cm³/mol. The van der Waals surface area contributed by atoms with Crippen LogP contribution >= 0.6 is 12.2 Å². The minimum atomic E-state index is 0.488. The maximum Gasteiger partial charge on any atom is 0.169 e. The molecule has 0 heterocycles. The standard InChI is InChI=1S/C14H30N2O2S/c1-5-13(6-2)16(10-12-17-4)14(19)15-9-8-11-18-7-3/h13H,5-12H2,1-4H3,(H,15,19). The van der Waals surface area contributed by atoms with Gasteiger partial charge in [-0.2, -0.15) is 0 Å². The van der Waals surface area contributed by atoms with Crippen LogP contribution in [-0.2, 0) is 9.47 Å². The molecule has 0 bridgehead atoms. The smallest absolute Gasteiger partial charge is 0.169 e. The predicted octanol–water partition coefficient (Wildman–Crippen LogP) is 2.42. The largest absolute Gasteiger partial charge is 0.383 e. The maximum atomic E-state index is 5.49. The Hall–Kier alpha value is -0.390. The molecule has 19 heavy (non-hydrogen) atoms. The van der Waals surface area contributed by atoms with Gasteiger partial charge in [0.05, 0.1) is 6.61 Å². The average Bonchev–Trinajstić information content (AvgIpc) is 2.43. The summed E-state index contributed by atoms with van der Waals surface area (Å²) < 4.78 is 10.5. The van der Waals surface area contributed by atoms with E-state index in [9.17, 15) is 0 Å². The maximum absolute atomic E-state index is 5.49. The molecule has 0 aliphatic heterocycles. The first-order valence-electron chi connectivity index (χ1n) is 7.32. The van der Waals surface area contributed by atoms with Crippen LogP contribution in [0.15, 0.2) is 0 Å². The summed E-state index contributed by atoms with van der Waals surface area (Å²) in [4.78, 5) is 2.25. The molecule has 0 aromatic heterocycles. The van der Waals surface area contributed by atoms with E-state index in [1.165, 1.54) is 0 Å². The quantitative estimate of drug-likeness (QED) is 0.467. The van der Waals surface area contributed by atoms with E-state index in [1.807, 2.05) is 6.92 Å². The van der Waals surface area contributed by atoms with E-state index in [1.54, 1.807) is 7.11 Å². The van der Waals surface area contributed by atoms with Crippen LogP contribution in [0.5, 0.6) is 0 Å². The molecule has 0 radical (unpaired) electrons. The monoisotopic (exact) mass is 290 g/mol. The lowest BCUT2D eigenvalue weighted by Crippen LogP contribution is -2.47. The second-order valence-corrected chi connectivity index (χ2v) is 4.83. The summed E-state index contributed by atoms with van der Waals surface area (Å²) in [6.07, 6.45) is 3.18. The molecule has 0 amide bonds. The van der Waals surface area contributed by atoms with Crippen LogP contribution in [0, 0.1) is 0 Å². The van der Waals surface area contributed by atoms with E-state index < -0.39 is 0 Å². The van der Waals surface area contributed by atoms with Crippen LogP contribution in [0.3, 0.4) is 0 Å². The van der Waals surface area contributed by atoms with Crippen molar-refractivity contribution in [3.05, 3.63) is 0 Å². The summed E-state index contributed by atoms with van der Waals surface area (Å²) in [5.74, 6) is 0. The number of thiocarbonyl (C=S) groups is 1. The number of hydrogen-bond donors (Lipinski definition) is 1. The van der Waals surface area contributed by atoms with Gasteiger partial charge < -0.3 is 19.7 Å². The van der Waals surface area contributed by atoms with Crippen molar-refractivity contribution < 1.29 is 9.47 Å². The van der Waals surface area contributed by atoms with Gasteiger partial charge in [-0.3, -0.25) is 0 Å². The van der Waals surface area contributed by atoms with Gasteiger partial charge in [0.25, 0.3) is 0 Å². The van der Waals surface area contributed by atoms with Gasteiger partial charge in [-0.25, -0.2) is 0 Å². The van der Waals surface area contributed by atoms with E-state index in [4.69, 9.17) is 21.7 Å². The van der Waals surface area contributed by atoms with Crippen molar-refractivity contribution in [1.82, 2.24) is 10.2 Å². The van der Waals surface area contributed by atoms with Crippen molar-refractivity contribution in [1.29, 1.82) is 0 Å². The summed E-state index contributed by atoms with van der Waals surface area (Å²) in [7, 11) is 1.73. The molecule has 0 aliphatic carbocycles. The molecule has 5 heteroatoms. The van der Waals surface area contributed by atoms with Gasteiger partial charge in [-0.1, -0.05) is 13.8 Å². The highest BCUT2D eigenvalue weighted by Gasteiger charge is 2.17. The molecule has 4 nitrogen and oxygen atoms in total. The minimum Gasteiger partial charge on any atom is -0.383 e. The van der Waals surface area contributed by atoms with Crippen LogP contribution in [0.2, 0.25) is 0 Å². The topological polar surface area (TPSA) is 33.7 Å². The second-order valence-electron chi connectivity index (χ2n) is 4.44. The third-order valence-corrected chi connectivity index (χ3v) is 3.51. The molecule has 0 rings (SSSR count). The van der Waals surface area contributed by atoms with E-state index in [-0.39, 0.29) is 0 Å². The van der Waals surface area contributed by atoms with Gasteiger partial charge in [0, 0.05) is 39.5 Å². The average molecular weight is 290 g/mol. The zero-order chi connectivity index (χ0) is 14.5. The Morgan fingerprint density at radius 1 is 1.21 bits per heavy atom. The van der Waals surface area contributed by atoms with Crippen LogP contribution < -0.4 is 5.32 Å². The number of nitrogens with one attached hydrogen (secondary N) is 1. The first kappa shape index (κ1) is 18.6. The highest BCUT2D eigenvalue weighted by molar-refractivity contribution is 7.80. The SMILES string of the molecule is CCOCCCNC(=S)N(CCOC)C(CC)CC. The molecule has 0 atom stereocenters. The normalized spacial score (nSPS) is 10.8. The first-order chi connectivity index (χ1) is 9.21. The summed E-state index contributed by atoms with van der Waals surface area (Å²) in [6.45, 7) is 10.4. The Morgan fingerprint density at radius 2 is 1.89 bits per heavy atom. The van der Waals surface area contributed by atoms with E-state index in [2.05, 4.69) is 24.1 Å². The highest BCUT2D eigenvalue weighted by atomic mass is 32.1. The lowest BCUT2D eigenvalue weighted by molar-refractivity contribution is 0.144. The molecule has 0 spiro atoms. The molecule has 0 unspecified atom stereocenters. The molecule has 0 aromatic carbocycles. The van der Waals surface area contributed by atoms with E-state index >= 15 is 0 Å². The molecule has 114 valence electrons. The van der Waals surface area contributed by atoms with Crippen molar-refractivity contribution in [3.8, 4) is 0 Å². The molecule has 0 fully saturated rings. The summed E-state index contributed by atoms with van der Waals surface area (Å²) in [5, 5.41) is 4.16. The van der Waals surface area contributed by atoms with Crippen LogP contribution in [0.1, 0.15) is 40.0 Å². The van der Waals surface area contributed by atoms with E-state index in [0.717, 1.165) is 50.7 Å². The fraction of sp³-hybridized carbons (Fsp3) is 0.929. The number of nitrogens with zero attached hydrogens (tertiary/aromatic N) is 1. The summed E-state index contributed by atoms with van der Waals surface area (Å²) >= 11 is 5.49. The third kappa shape index (κ3) is 8.39. The van der Waals surface area contributed by atoms with Gasteiger partial charge in [-0.05, 0) is 38.4 Å². The van der Waals surface area contributed by atoms with Gasteiger partial charge in [0.2, 0.25) is 0 Å². The number of ether oxygens (including phenoxy) is 2. The molecule has 0 aromatic rings. The second kappa shape index (κ2) is 12.6. The van der Waals surface area contributed by atoms with Crippen LogP contribution in [0.25, 0.3) is 0 Å². The molecular formula is C14H30N2O2S. The fourth-order valence-corrected chi connectivity index (χ4v) is 2.33. The molecule has 0 saturated heterocycles. The number of hydrogen-bond acceptors (Lipinski definition) is 3. The van der Waals surface area contributed by atoms with Gasteiger partial charge >= 0.3 is 0 Å². The molecule has 1 N–H and O–H groups in total. The Bertz CT molecular complexity index is 223. The van der Waals surface area contributed by atoms with Gasteiger partial charge in [-0.15, -0.1) is 0 Å². The van der Waals surface area contributed by atoms with Crippen molar-refractivity contribution in [2.45, 2.75) is 46.1 Å². The fourth-order valence-electron chi connectivity index (χ4n) is 1.98. The first-order valence-corrected chi connectivity index (χ1v) is 7.73. The van der Waals surface area contributed by atoms with E-state index in [0.29, 0.717) is 12.6 Å². The van der Waals surface area contributed by atoms with Crippen LogP contribution in [-0.4, -0.2) is 56.1 Å².